The highest BCUT2D eigenvalue weighted by Crippen LogP contribution is 2.27. The van der Waals surface area contributed by atoms with Gasteiger partial charge in [0.1, 0.15) is 11.3 Å². The Bertz CT molecular complexity index is 953. The largest absolute Gasteiger partial charge is 0.495 e. The first-order valence-corrected chi connectivity index (χ1v) is 9.38. The quantitative estimate of drug-likeness (QED) is 0.620. The van der Waals surface area contributed by atoms with Gasteiger partial charge < -0.3 is 14.0 Å². The number of fused-ring (bicyclic) bond motifs is 1. The number of ether oxygens (including phenoxy) is 2. The van der Waals surface area contributed by atoms with Crippen molar-refractivity contribution >= 4 is 44.9 Å². The molecule has 0 aliphatic carbocycles. The molecule has 130 valence electrons. The summed E-state index contributed by atoms with van der Waals surface area (Å²) in [6.45, 7) is 1.12. The van der Waals surface area contributed by atoms with E-state index < -0.39 is 0 Å². The van der Waals surface area contributed by atoms with Gasteiger partial charge in [-0.1, -0.05) is 23.5 Å². The number of hydrogen-bond acceptors (Lipinski definition) is 5. The first kappa shape index (κ1) is 17.6. The second kappa shape index (κ2) is 8.24. The van der Waals surface area contributed by atoms with Crippen LogP contribution in [0.3, 0.4) is 0 Å². The number of para-hydroxylation sites is 1. The molecule has 0 saturated carbocycles. The lowest BCUT2D eigenvalue weighted by Crippen LogP contribution is -2.19. The van der Waals surface area contributed by atoms with Gasteiger partial charge in [0.25, 0.3) is 5.91 Å². The second-order valence-electron chi connectivity index (χ2n) is 5.13. The van der Waals surface area contributed by atoms with Crippen LogP contribution in [0.15, 0.2) is 46.8 Å². The van der Waals surface area contributed by atoms with Crippen molar-refractivity contribution in [2.24, 2.45) is 4.99 Å². The van der Waals surface area contributed by atoms with E-state index in [2.05, 4.69) is 4.99 Å². The molecule has 0 bridgehead atoms. The zero-order valence-electron chi connectivity index (χ0n) is 14.0. The molecule has 0 N–H and O–H groups in total. The Morgan fingerprint density at radius 1 is 1.28 bits per heavy atom. The third-order valence-electron chi connectivity index (χ3n) is 3.54. The summed E-state index contributed by atoms with van der Waals surface area (Å²) in [5, 5.41) is 1.97. The van der Waals surface area contributed by atoms with Gasteiger partial charge in [0.15, 0.2) is 4.80 Å². The van der Waals surface area contributed by atoms with Gasteiger partial charge in [-0.3, -0.25) is 4.79 Å². The first-order chi connectivity index (χ1) is 12.2. The number of thiophene rings is 1. The Morgan fingerprint density at radius 3 is 2.88 bits per heavy atom. The number of nitrogens with zero attached hydrogens (tertiary/aromatic N) is 2. The van der Waals surface area contributed by atoms with Crippen molar-refractivity contribution in [1.29, 1.82) is 0 Å². The average Bonchev–Trinajstić information content (AvgIpc) is 3.25. The van der Waals surface area contributed by atoms with E-state index in [0.717, 1.165) is 20.8 Å². The van der Waals surface area contributed by atoms with Crippen molar-refractivity contribution in [3.63, 3.8) is 0 Å². The minimum Gasteiger partial charge on any atom is -0.495 e. The fraction of sp³-hybridized carbons (Fsp3) is 0.222. The Labute approximate surface area is 153 Å². The molecule has 0 fully saturated rings. The van der Waals surface area contributed by atoms with Gasteiger partial charge in [-0.25, -0.2) is 0 Å². The molecule has 2 heterocycles. The molecule has 0 unspecified atom stereocenters. The maximum absolute atomic E-state index is 12.2. The maximum atomic E-state index is 12.2. The zero-order chi connectivity index (χ0) is 17.6. The van der Waals surface area contributed by atoms with Crippen LogP contribution in [0.1, 0.15) is 4.88 Å². The molecule has 2 aromatic heterocycles. The smallest absolute Gasteiger partial charge is 0.272 e. The molecule has 1 amide bonds. The van der Waals surface area contributed by atoms with Gasteiger partial charge >= 0.3 is 0 Å². The van der Waals surface area contributed by atoms with Crippen LogP contribution in [-0.4, -0.2) is 31.3 Å². The highest BCUT2D eigenvalue weighted by molar-refractivity contribution is 7.16. The minimum atomic E-state index is -0.287. The Kier molecular flexibility index (Phi) is 5.80. The molecule has 3 rings (SSSR count). The van der Waals surface area contributed by atoms with Crippen molar-refractivity contribution < 1.29 is 14.3 Å². The zero-order valence-corrected chi connectivity index (χ0v) is 15.6. The molecule has 3 aromatic rings. The van der Waals surface area contributed by atoms with Crippen molar-refractivity contribution in [2.45, 2.75) is 6.54 Å². The number of rotatable bonds is 6. The predicted molar refractivity (Wildman–Crippen MR) is 102 cm³/mol. The van der Waals surface area contributed by atoms with Crippen LogP contribution >= 0.6 is 22.7 Å². The summed E-state index contributed by atoms with van der Waals surface area (Å²) < 4.78 is 13.7. The van der Waals surface area contributed by atoms with Crippen LogP contribution < -0.4 is 9.54 Å². The van der Waals surface area contributed by atoms with Gasteiger partial charge in [-0.2, -0.15) is 4.99 Å². The number of aromatic nitrogens is 1. The van der Waals surface area contributed by atoms with Gasteiger partial charge in [0.05, 0.1) is 18.4 Å². The fourth-order valence-corrected chi connectivity index (χ4v) is 4.11. The highest BCUT2D eigenvalue weighted by atomic mass is 32.1. The van der Waals surface area contributed by atoms with E-state index >= 15 is 0 Å². The number of hydrogen-bond donors (Lipinski definition) is 0. The molecule has 0 saturated heterocycles. The fourth-order valence-electron chi connectivity index (χ4n) is 2.41. The van der Waals surface area contributed by atoms with Crippen LogP contribution in [0.2, 0.25) is 0 Å². The molecule has 0 atom stereocenters. The third-order valence-corrected chi connectivity index (χ3v) is 5.42. The standard InChI is InChI=1S/C18H18N2O3S2/c1-22-11-10-20-17-14(23-2)6-3-7-15(17)25-18(20)19-16(21)9-8-13-5-4-12-24-13/h3-9,12H,10-11H2,1-2H3/b9-8+,19-18?. The molecule has 1 aromatic carbocycles. The molecule has 0 aliphatic heterocycles. The van der Waals surface area contributed by atoms with Crippen LogP contribution in [0.5, 0.6) is 5.75 Å². The summed E-state index contributed by atoms with van der Waals surface area (Å²) in [7, 11) is 3.29. The Hall–Kier alpha value is -2.22. The molecular weight excluding hydrogens is 356 g/mol. The monoisotopic (exact) mass is 374 g/mol. The van der Waals surface area contributed by atoms with Crippen molar-refractivity contribution in [2.75, 3.05) is 20.8 Å². The lowest BCUT2D eigenvalue weighted by atomic mass is 10.3. The second-order valence-corrected chi connectivity index (χ2v) is 7.12. The van der Waals surface area contributed by atoms with Gasteiger partial charge in [-0.05, 0) is 29.7 Å². The Morgan fingerprint density at radius 2 is 2.16 bits per heavy atom. The van der Waals surface area contributed by atoms with Crippen LogP contribution in [0.25, 0.3) is 16.3 Å². The third kappa shape index (κ3) is 4.07. The summed E-state index contributed by atoms with van der Waals surface area (Å²) in [5.41, 5.74) is 0.931. The van der Waals surface area contributed by atoms with E-state index in [1.54, 1.807) is 31.6 Å². The van der Waals surface area contributed by atoms with Gasteiger partial charge in [0, 0.05) is 24.6 Å². The van der Waals surface area contributed by atoms with E-state index in [1.165, 1.54) is 17.4 Å². The van der Waals surface area contributed by atoms with Crippen LogP contribution in [-0.2, 0) is 16.1 Å². The van der Waals surface area contributed by atoms with E-state index in [4.69, 9.17) is 9.47 Å². The minimum absolute atomic E-state index is 0.287. The van der Waals surface area contributed by atoms with Crippen molar-refractivity contribution in [1.82, 2.24) is 4.57 Å². The van der Waals surface area contributed by atoms with Gasteiger partial charge in [0.2, 0.25) is 0 Å². The van der Waals surface area contributed by atoms with E-state index in [0.29, 0.717) is 18.0 Å². The summed E-state index contributed by atoms with van der Waals surface area (Å²) in [6.07, 6.45) is 3.28. The topological polar surface area (TPSA) is 52.8 Å². The normalized spacial score (nSPS) is 12.3. The van der Waals surface area contributed by atoms with Crippen LogP contribution in [0, 0.1) is 0 Å². The van der Waals surface area contributed by atoms with E-state index in [9.17, 15) is 4.79 Å². The number of thiazole rings is 1. The molecule has 0 radical (unpaired) electrons. The summed E-state index contributed by atoms with van der Waals surface area (Å²) in [6, 6.07) is 9.73. The number of carbonyl (C=O) groups excluding carboxylic acids is 1. The number of amides is 1. The average molecular weight is 374 g/mol. The lowest BCUT2D eigenvalue weighted by Gasteiger charge is -2.07. The molecule has 5 nitrogen and oxygen atoms in total. The highest BCUT2D eigenvalue weighted by Gasteiger charge is 2.11. The molecule has 0 spiro atoms. The molecule has 7 heteroatoms. The van der Waals surface area contributed by atoms with Gasteiger partial charge in [-0.15, -0.1) is 11.3 Å². The SMILES string of the molecule is COCCn1c(=NC(=O)/C=C/c2cccs2)sc2cccc(OC)c21. The van der Waals surface area contributed by atoms with Crippen molar-refractivity contribution in [3.8, 4) is 5.75 Å². The summed E-state index contributed by atoms with van der Waals surface area (Å²) in [4.78, 5) is 18.2. The number of methoxy groups -OCH3 is 2. The van der Waals surface area contributed by atoms with E-state index in [-0.39, 0.29) is 5.91 Å². The number of carbonyl (C=O) groups is 1. The summed E-state index contributed by atoms with van der Waals surface area (Å²) in [5.74, 6) is 0.470. The molecule has 25 heavy (non-hydrogen) atoms. The Balaban J connectivity index is 2.03. The van der Waals surface area contributed by atoms with Crippen LogP contribution in [0.4, 0.5) is 0 Å². The first-order valence-electron chi connectivity index (χ1n) is 7.68. The molecular formula is C18H18N2O3S2. The lowest BCUT2D eigenvalue weighted by molar-refractivity contribution is -0.113. The number of benzene rings is 1. The maximum Gasteiger partial charge on any atom is 0.272 e. The van der Waals surface area contributed by atoms with E-state index in [1.807, 2.05) is 40.3 Å². The predicted octanol–water partition coefficient (Wildman–Crippen LogP) is 3.56. The van der Waals surface area contributed by atoms with Crippen molar-refractivity contribution in [3.05, 3.63) is 51.5 Å². The molecule has 0 aliphatic rings. The summed E-state index contributed by atoms with van der Waals surface area (Å²) >= 11 is 3.04.